The predicted octanol–water partition coefficient (Wildman–Crippen LogP) is 0.0671. The van der Waals surface area contributed by atoms with Crippen LogP contribution in [0.15, 0.2) is 29.2 Å². The number of amides is 1. The number of carboxylic acid groups (broad SMARTS) is 1. The van der Waals surface area contributed by atoms with E-state index >= 15 is 0 Å². The molecule has 0 aliphatic carbocycles. The summed E-state index contributed by atoms with van der Waals surface area (Å²) in [5.74, 6) is -1.54. The van der Waals surface area contributed by atoms with Gasteiger partial charge in [0.15, 0.2) is 0 Å². The summed E-state index contributed by atoms with van der Waals surface area (Å²) in [5, 5.41) is 11.0. The quantitative estimate of drug-likeness (QED) is 0.0694. The molecule has 0 heterocycles. The van der Waals surface area contributed by atoms with E-state index in [-0.39, 0.29) is 24.7 Å². The maximum atomic E-state index is 12.1. The third-order valence-electron chi connectivity index (χ3n) is 5.78. The number of aryl methyl sites for hydroxylation is 1. The van der Waals surface area contributed by atoms with Crippen molar-refractivity contribution in [2.45, 2.75) is 11.8 Å². The zero-order valence-corrected chi connectivity index (χ0v) is 29.2. The second-order valence-corrected chi connectivity index (χ2v) is 11.5. The highest BCUT2D eigenvalue weighted by Gasteiger charge is 2.14. The zero-order valence-electron chi connectivity index (χ0n) is 28.3. The summed E-state index contributed by atoms with van der Waals surface area (Å²) in [7, 11) is -3.78. The molecular weight excluding hydrogens is 674 g/mol. The van der Waals surface area contributed by atoms with Crippen LogP contribution in [0.1, 0.15) is 5.56 Å². The minimum Gasteiger partial charge on any atom is -0.480 e. The summed E-state index contributed by atoms with van der Waals surface area (Å²) < 4.78 is 82.4. The van der Waals surface area contributed by atoms with Gasteiger partial charge >= 0.3 is 5.97 Å². The number of aliphatic carboxylic acids is 1. The highest BCUT2D eigenvalue weighted by molar-refractivity contribution is 7.86. The van der Waals surface area contributed by atoms with E-state index in [1.165, 1.54) is 12.1 Å². The Morgan fingerprint density at radius 2 is 0.878 bits per heavy atom. The van der Waals surface area contributed by atoms with E-state index in [1.54, 1.807) is 12.1 Å². The highest BCUT2D eigenvalue weighted by Crippen LogP contribution is 2.12. The van der Waals surface area contributed by atoms with Crippen LogP contribution in [0.4, 0.5) is 0 Å². The van der Waals surface area contributed by atoms with Crippen molar-refractivity contribution in [3.8, 4) is 0 Å². The molecule has 2 N–H and O–H groups in total. The fourth-order valence-corrected chi connectivity index (χ4v) is 4.27. The molecule has 0 aliphatic rings. The summed E-state index contributed by atoms with van der Waals surface area (Å²) in [4.78, 5) is 21.8. The molecule has 1 aromatic carbocycles. The molecule has 0 fully saturated rings. The molecule has 17 nitrogen and oxygen atoms in total. The number of carboxylic acids is 1. The van der Waals surface area contributed by atoms with E-state index < -0.39 is 28.6 Å². The molecule has 0 bridgehead atoms. The Morgan fingerprint density at radius 1 is 0.531 bits per heavy atom. The lowest BCUT2D eigenvalue weighted by atomic mass is 10.2. The van der Waals surface area contributed by atoms with Gasteiger partial charge in [0.05, 0.1) is 130 Å². The van der Waals surface area contributed by atoms with Crippen molar-refractivity contribution in [3.05, 3.63) is 29.8 Å². The SMILES string of the molecule is Cc1ccc(S(=O)(=O)OCCOCCOCCOCCOCCOCCOCCOCCOCCOCCNC(=O)COCC(=O)O)cc1. The van der Waals surface area contributed by atoms with Crippen molar-refractivity contribution in [2.75, 3.05) is 145 Å². The number of hydrogen-bond donors (Lipinski definition) is 2. The predicted molar refractivity (Wildman–Crippen MR) is 173 cm³/mol. The van der Waals surface area contributed by atoms with Crippen LogP contribution in [-0.4, -0.2) is 171 Å². The van der Waals surface area contributed by atoms with E-state index in [0.717, 1.165) is 5.56 Å². The molecular formula is C31H53NO16S. The minimum absolute atomic E-state index is 0.0706. The second-order valence-electron chi connectivity index (χ2n) is 9.84. The average Bonchev–Trinajstić information content (AvgIpc) is 3.07. The molecule has 0 saturated carbocycles. The topological polar surface area (TPSA) is 202 Å². The van der Waals surface area contributed by atoms with Gasteiger partial charge in [-0.2, -0.15) is 8.42 Å². The van der Waals surface area contributed by atoms with Gasteiger partial charge in [-0.05, 0) is 19.1 Å². The number of ether oxygens (including phenoxy) is 10. The molecule has 0 aliphatic heterocycles. The molecule has 0 aromatic heterocycles. The van der Waals surface area contributed by atoms with Crippen molar-refractivity contribution in [2.24, 2.45) is 0 Å². The van der Waals surface area contributed by atoms with Crippen molar-refractivity contribution >= 4 is 22.0 Å². The highest BCUT2D eigenvalue weighted by atomic mass is 32.2. The Bertz CT molecular complexity index is 1040. The Balaban J connectivity index is 1.69. The molecule has 1 aromatic rings. The molecule has 0 saturated heterocycles. The number of carbonyl (C=O) groups is 2. The van der Waals surface area contributed by atoms with Crippen molar-refractivity contribution < 1.29 is 74.7 Å². The van der Waals surface area contributed by atoms with Gasteiger partial charge in [0.1, 0.15) is 13.2 Å². The van der Waals surface area contributed by atoms with Gasteiger partial charge in [-0.15, -0.1) is 0 Å². The van der Waals surface area contributed by atoms with Crippen molar-refractivity contribution in [1.82, 2.24) is 5.32 Å². The lowest BCUT2D eigenvalue weighted by Crippen LogP contribution is -2.31. The Kier molecular flexibility index (Phi) is 28.9. The van der Waals surface area contributed by atoms with Crippen LogP contribution in [0, 0.1) is 6.92 Å². The van der Waals surface area contributed by atoms with Gasteiger partial charge in [-0.3, -0.25) is 8.98 Å². The lowest BCUT2D eigenvalue weighted by molar-refractivity contribution is -0.143. The van der Waals surface area contributed by atoms with Gasteiger partial charge in [0.2, 0.25) is 5.91 Å². The van der Waals surface area contributed by atoms with E-state index in [9.17, 15) is 18.0 Å². The lowest BCUT2D eigenvalue weighted by Gasteiger charge is -2.09. The first-order valence-electron chi connectivity index (χ1n) is 16.0. The van der Waals surface area contributed by atoms with Crippen LogP contribution in [0.3, 0.4) is 0 Å². The summed E-state index contributed by atoms with van der Waals surface area (Å²) in [6.07, 6.45) is 0. The number of benzene rings is 1. The Morgan fingerprint density at radius 3 is 1.24 bits per heavy atom. The van der Waals surface area contributed by atoms with E-state index in [1.807, 2.05) is 6.92 Å². The van der Waals surface area contributed by atoms with E-state index in [4.69, 9.17) is 51.9 Å². The monoisotopic (exact) mass is 727 g/mol. The number of rotatable bonds is 36. The largest absolute Gasteiger partial charge is 0.480 e. The van der Waals surface area contributed by atoms with Gasteiger partial charge < -0.3 is 57.8 Å². The van der Waals surface area contributed by atoms with Gasteiger partial charge in [-0.1, -0.05) is 17.7 Å². The van der Waals surface area contributed by atoms with Crippen LogP contribution in [0.5, 0.6) is 0 Å². The normalized spacial score (nSPS) is 11.6. The smallest absolute Gasteiger partial charge is 0.329 e. The number of hydrogen-bond acceptors (Lipinski definition) is 15. The molecule has 0 spiro atoms. The first kappa shape index (κ1) is 44.7. The molecule has 284 valence electrons. The van der Waals surface area contributed by atoms with E-state index in [2.05, 4.69) is 10.1 Å². The fraction of sp³-hybridized carbons (Fsp3) is 0.742. The molecule has 0 unspecified atom stereocenters. The standard InChI is InChI=1S/C31H53NO16S/c1-28-2-4-29(5-3-28)49(36,37)48-25-24-46-23-22-45-21-20-44-19-18-43-17-16-42-15-14-41-13-12-40-11-10-39-9-8-38-7-6-32-30(33)26-47-27-31(34)35/h2-5H,6-27H2,1H3,(H,32,33)(H,34,35). The zero-order chi connectivity index (χ0) is 35.7. The fourth-order valence-electron chi connectivity index (χ4n) is 3.38. The van der Waals surface area contributed by atoms with Crippen LogP contribution < -0.4 is 5.32 Å². The third kappa shape index (κ3) is 29.1. The maximum Gasteiger partial charge on any atom is 0.329 e. The Labute approximate surface area is 288 Å². The first-order valence-corrected chi connectivity index (χ1v) is 17.4. The van der Waals surface area contributed by atoms with Crippen LogP contribution in [-0.2, 0) is 71.3 Å². The summed E-state index contributed by atoms with van der Waals surface area (Å²) in [6, 6.07) is 6.45. The van der Waals surface area contributed by atoms with Crippen molar-refractivity contribution in [3.63, 3.8) is 0 Å². The maximum absolute atomic E-state index is 12.1. The molecule has 18 heteroatoms. The molecule has 49 heavy (non-hydrogen) atoms. The third-order valence-corrected chi connectivity index (χ3v) is 7.11. The van der Waals surface area contributed by atoms with E-state index in [0.29, 0.717) is 119 Å². The minimum atomic E-state index is -3.78. The van der Waals surface area contributed by atoms with Gasteiger partial charge in [0, 0.05) is 6.54 Å². The number of nitrogens with one attached hydrogen (secondary N) is 1. The average molecular weight is 728 g/mol. The first-order chi connectivity index (χ1) is 23.8. The summed E-state index contributed by atoms with van der Waals surface area (Å²) in [6.45, 7) is 8.39. The van der Waals surface area contributed by atoms with Crippen LogP contribution in [0.25, 0.3) is 0 Å². The second kappa shape index (κ2) is 31.6. The van der Waals surface area contributed by atoms with Gasteiger partial charge in [-0.25, -0.2) is 4.79 Å². The molecule has 0 atom stereocenters. The molecule has 1 rings (SSSR count). The molecule has 1 amide bonds. The summed E-state index contributed by atoms with van der Waals surface area (Å²) in [5.41, 5.74) is 0.967. The number of carbonyl (C=O) groups excluding carboxylic acids is 1. The van der Waals surface area contributed by atoms with Crippen molar-refractivity contribution in [1.29, 1.82) is 0 Å². The van der Waals surface area contributed by atoms with Crippen LogP contribution >= 0.6 is 0 Å². The summed E-state index contributed by atoms with van der Waals surface area (Å²) >= 11 is 0. The van der Waals surface area contributed by atoms with Crippen LogP contribution in [0.2, 0.25) is 0 Å². The molecule has 0 radical (unpaired) electrons. The Hall–Kier alpha value is -2.33. The van der Waals surface area contributed by atoms with Gasteiger partial charge in [0.25, 0.3) is 10.1 Å².